The van der Waals surface area contributed by atoms with Gasteiger partial charge in [0.15, 0.2) is 0 Å². The van der Waals surface area contributed by atoms with E-state index in [9.17, 15) is 4.79 Å². The van der Waals surface area contributed by atoms with E-state index in [-0.39, 0.29) is 16.8 Å². The number of esters is 1. The van der Waals surface area contributed by atoms with Crippen LogP contribution >= 0.6 is 0 Å². The number of carbonyl (C=O) groups is 1. The minimum atomic E-state index is -0.388. The second kappa shape index (κ2) is 7.94. The van der Waals surface area contributed by atoms with Crippen LogP contribution in [0, 0.1) is 6.92 Å². The van der Waals surface area contributed by atoms with Crippen molar-refractivity contribution in [2.24, 2.45) is 0 Å². The normalized spacial score (nSPS) is 16.5. The van der Waals surface area contributed by atoms with Crippen molar-refractivity contribution in [3.8, 4) is 16.9 Å². The molecule has 0 amide bonds. The van der Waals surface area contributed by atoms with Crippen LogP contribution in [0.3, 0.4) is 0 Å². The first-order valence-electron chi connectivity index (χ1n) is 10.7. The standard InChI is InChI=1S/C27H34O3/c1-9-30-25(28)18(3)19-12-10-11-13-20(19)22-17(2)16-21-23(24(22)29-8)27(6,7)15-14-26(21,4)5/h10-13,16H,3,9,14-15H2,1-2,4-8H3. The molecule has 0 aliphatic heterocycles. The van der Waals surface area contributed by atoms with Crippen LogP contribution in [0.2, 0.25) is 0 Å². The number of ether oxygens (including phenoxy) is 2. The average molecular weight is 407 g/mol. The van der Waals surface area contributed by atoms with Crippen molar-refractivity contribution in [2.75, 3.05) is 13.7 Å². The number of benzene rings is 2. The first-order chi connectivity index (χ1) is 14.0. The molecule has 1 aliphatic carbocycles. The van der Waals surface area contributed by atoms with Gasteiger partial charge in [0.05, 0.1) is 19.3 Å². The maximum Gasteiger partial charge on any atom is 0.338 e. The predicted molar refractivity (Wildman–Crippen MR) is 124 cm³/mol. The number of hydrogen-bond donors (Lipinski definition) is 0. The van der Waals surface area contributed by atoms with E-state index in [4.69, 9.17) is 9.47 Å². The lowest BCUT2D eigenvalue weighted by Gasteiger charge is -2.43. The quantitative estimate of drug-likeness (QED) is 0.415. The zero-order chi connectivity index (χ0) is 22.3. The minimum absolute atomic E-state index is 0.00569. The summed E-state index contributed by atoms with van der Waals surface area (Å²) in [4.78, 5) is 12.4. The fourth-order valence-corrected chi connectivity index (χ4v) is 4.71. The van der Waals surface area contributed by atoms with E-state index in [0.29, 0.717) is 12.2 Å². The van der Waals surface area contributed by atoms with E-state index in [0.717, 1.165) is 40.8 Å². The highest BCUT2D eigenvalue weighted by molar-refractivity contribution is 6.17. The molecule has 30 heavy (non-hydrogen) atoms. The van der Waals surface area contributed by atoms with Crippen LogP contribution in [0.1, 0.15) is 69.7 Å². The monoisotopic (exact) mass is 406 g/mol. The van der Waals surface area contributed by atoms with Gasteiger partial charge < -0.3 is 9.47 Å². The summed E-state index contributed by atoms with van der Waals surface area (Å²) in [5.41, 5.74) is 7.00. The number of rotatable bonds is 5. The molecule has 0 saturated heterocycles. The first-order valence-corrected chi connectivity index (χ1v) is 10.7. The van der Waals surface area contributed by atoms with Crippen LogP contribution in [-0.2, 0) is 20.4 Å². The van der Waals surface area contributed by atoms with Crippen LogP contribution in [-0.4, -0.2) is 19.7 Å². The molecule has 3 rings (SSSR count). The van der Waals surface area contributed by atoms with Gasteiger partial charge in [0.25, 0.3) is 0 Å². The Balaban J connectivity index is 2.33. The van der Waals surface area contributed by atoms with Gasteiger partial charge in [-0.1, -0.05) is 64.6 Å². The highest BCUT2D eigenvalue weighted by atomic mass is 16.5. The maximum atomic E-state index is 12.4. The number of methoxy groups -OCH3 is 1. The molecule has 2 aromatic carbocycles. The minimum Gasteiger partial charge on any atom is -0.496 e. The van der Waals surface area contributed by atoms with Crippen LogP contribution in [0.25, 0.3) is 16.7 Å². The van der Waals surface area contributed by atoms with E-state index in [1.807, 2.05) is 24.3 Å². The topological polar surface area (TPSA) is 35.5 Å². The van der Waals surface area contributed by atoms with Gasteiger partial charge in [0, 0.05) is 11.1 Å². The Labute approximate surface area is 181 Å². The second-order valence-corrected chi connectivity index (χ2v) is 9.54. The van der Waals surface area contributed by atoms with Gasteiger partial charge in [0.2, 0.25) is 0 Å². The maximum absolute atomic E-state index is 12.4. The Morgan fingerprint density at radius 2 is 1.73 bits per heavy atom. The first kappa shape index (κ1) is 22.1. The molecule has 0 heterocycles. The van der Waals surface area contributed by atoms with E-state index in [1.54, 1.807) is 14.0 Å². The number of fused-ring (bicyclic) bond motifs is 1. The third-order valence-electron chi connectivity index (χ3n) is 6.51. The Morgan fingerprint density at radius 3 is 2.37 bits per heavy atom. The zero-order valence-corrected chi connectivity index (χ0v) is 19.4. The van der Waals surface area contributed by atoms with Gasteiger partial charge in [-0.15, -0.1) is 0 Å². The predicted octanol–water partition coefficient (Wildman–Crippen LogP) is 6.60. The number of carbonyl (C=O) groups excluding carboxylic acids is 1. The molecule has 0 aromatic heterocycles. The highest BCUT2D eigenvalue weighted by Crippen LogP contribution is 2.53. The lowest BCUT2D eigenvalue weighted by Crippen LogP contribution is -2.34. The van der Waals surface area contributed by atoms with Gasteiger partial charge in [0.1, 0.15) is 5.75 Å². The summed E-state index contributed by atoms with van der Waals surface area (Å²) in [5.74, 6) is 0.521. The van der Waals surface area contributed by atoms with E-state index in [2.05, 4.69) is 47.3 Å². The molecule has 0 bridgehead atoms. The summed E-state index contributed by atoms with van der Waals surface area (Å²) in [5, 5.41) is 0. The van der Waals surface area contributed by atoms with Gasteiger partial charge in [-0.2, -0.15) is 0 Å². The van der Waals surface area contributed by atoms with Crippen LogP contribution in [0.15, 0.2) is 36.9 Å². The fourth-order valence-electron chi connectivity index (χ4n) is 4.71. The molecule has 0 atom stereocenters. The summed E-state index contributed by atoms with van der Waals surface area (Å²) < 4.78 is 11.3. The summed E-state index contributed by atoms with van der Waals surface area (Å²) >= 11 is 0. The van der Waals surface area contributed by atoms with Gasteiger partial charge in [-0.25, -0.2) is 4.79 Å². The number of hydrogen-bond acceptors (Lipinski definition) is 3. The van der Waals surface area contributed by atoms with E-state index >= 15 is 0 Å². The Bertz CT molecular complexity index is 995. The largest absolute Gasteiger partial charge is 0.496 e. The third-order valence-corrected chi connectivity index (χ3v) is 6.51. The van der Waals surface area contributed by atoms with Crippen LogP contribution < -0.4 is 4.74 Å². The third kappa shape index (κ3) is 3.66. The summed E-state index contributed by atoms with van der Waals surface area (Å²) in [6.45, 7) is 17.5. The molecule has 0 spiro atoms. The number of aryl methyl sites for hydroxylation is 1. The highest BCUT2D eigenvalue weighted by Gasteiger charge is 2.40. The van der Waals surface area contributed by atoms with Crippen molar-refractivity contribution in [1.82, 2.24) is 0 Å². The summed E-state index contributed by atoms with van der Waals surface area (Å²) in [7, 11) is 1.75. The molecule has 1 aliphatic rings. The Morgan fingerprint density at radius 1 is 1.10 bits per heavy atom. The van der Waals surface area contributed by atoms with Gasteiger partial charge >= 0.3 is 5.97 Å². The molecule has 0 N–H and O–H groups in total. The molecule has 0 saturated carbocycles. The van der Waals surface area contributed by atoms with Crippen molar-refractivity contribution in [1.29, 1.82) is 0 Å². The van der Waals surface area contributed by atoms with Gasteiger partial charge in [-0.05, 0) is 59.8 Å². The molecule has 160 valence electrons. The van der Waals surface area contributed by atoms with Crippen LogP contribution in [0.5, 0.6) is 5.75 Å². The molecule has 0 unspecified atom stereocenters. The lowest BCUT2D eigenvalue weighted by atomic mass is 9.62. The summed E-state index contributed by atoms with van der Waals surface area (Å²) in [6.07, 6.45) is 2.24. The summed E-state index contributed by atoms with van der Waals surface area (Å²) in [6, 6.07) is 10.2. The molecular weight excluding hydrogens is 372 g/mol. The molecule has 3 heteroatoms. The van der Waals surface area contributed by atoms with Crippen molar-refractivity contribution in [3.05, 3.63) is 59.2 Å². The Hall–Kier alpha value is -2.55. The van der Waals surface area contributed by atoms with E-state index in [1.165, 1.54) is 11.1 Å². The molecule has 0 radical (unpaired) electrons. The zero-order valence-electron chi connectivity index (χ0n) is 19.4. The van der Waals surface area contributed by atoms with Gasteiger partial charge in [-0.3, -0.25) is 0 Å². The average Bonchev–Trinajstić information content (AvgIpc) is 2.70. The lowest BCUT2D eigenvalue weighted by molar-refractivity contribution is -0.136. The molecule has 2 aromatic rings. The Kier molecular flexibility index (Phi) is 5.86. The fraction of sp³-hybridized carbons (Fsp3) is 0.444. The molecular formula is C27H34O3. The molecule has 0 fully saturated rings. The van der Waals surface area contributed by atoms with Crippen molar-refractivity contribution >= 4 is 11.5 Å². The van der Waals surface area contributed by atoms with Crippen LogP contribution in [0.4, 0.5) is 0 Å². The second-order valence-electron chi connectivity index (χ2n) is 9.54. The van der Waals surface area contributed by atoms with Crippen molar-refractivity contribution in [2.45, 2.75) is 65.2 Å². The SMILES string of the molecule is C=C(C(=O)OCC)c1ccccc1-c1c(C)cc2c(c1OC)C(C)(C)CCC2(C)C. The van der Waals surface area contributed by atoms with E-state index < -0.39 is 0 Å². The molecule has 3 nitrogen and oxygen atoms in total. The van der Waals surface area contributed by atoms with Crippen molar-refractivity contribution < 1.29 is 14.3 Å². The smallest absolute Gasteiger partial charge is 0.338 e. The van der Waals surface area contributed by atoms with Crippen molar-refractivity contribution in [3.63, 3.8) is 0 Å².